The summed E-state index contributed by atoms with van der Waals surface area (Å²) in [5.74, 6) is 0.929. The Kier molecular flexibility index (Phi) is 5.64. The fraction of sp³-hybridized carbons (Fsp3) is 0.0500. The lowest BCUT2D eigenvalue weighted by Gasteiger charge is -1.93. The van der Waals surface area contributed by atoms with Gasteiger partial charge in [0.15, 0.2) is 0 Å². The van der Waals surface area contributed by atoms with Crippen molar-refractivity contribution in [3.63, 3.8) is 0 Å². The second-order valence-corrected chi connectivity index (χ2v) is 7.23. The van der Waals surface area contributed by atoms with E-state index in [4.69, 9.17) is 9.79 Å². The molecule has 3 N–H and O–H groups in total. The summed E-state index contributed by atoms with van der Waals surface area (Å²) < 4.78 is 10.6. The standard InChI is InChI=1S/C11H12NO3P.C9H7N/c13-16(14,15)7-3-5-10-8-9-4-1-2-6-11(9)12-10;1-2-6-9-8(4-1)5-3-7-10-9/h1-4,6-8,12H,5H2,(H2,13,14,15);1-7H. The van der Waals surface area contributed by atoms with Crippen LogP contribution in [0.25, 0.3) is 21.8 Å². The first kappa shape index (κ1) is 18.1. The molecular formula is C20H19N2O3P. The molecule has 0 spiro atoms. The lowest BCUT2D eigenvalue weighted by atomic mass is 10.2. The van der Waals surface area contributed by atoms with Crippen molar-refractivity contribution in [2.45, 2.75) is 6.42 Å². The van der Waals surface area contributed by atoms with E-state index < -0.39 is 7.60 Å². The first-order valence-electron chi connectivity index (χ1n) is 8.11. The summed E-state index contributed by atoms with van der Waals surface area (Å²) in [4.78, 5) is 24.7. The fourth-order valence-corrected chi connectivity index (χ4v) is 2.96. The van der Waals surface area contributed by atoms with E-state index in [1.54, 1.807) is 0 Å². The van der Waals surface area contributed by atoms with Gasteiger partial charge in [-0.15, -0.1) is 0 Å². The molecule has 2 aromatic carbocycles. The number of H-pyrrole nitrogens is 1. The topological polar surface area (TPSA) is 86.2 Å². The zero-order chi connectivity index (χ0) is 18.4. The third-order valence-electron chi connectivity index (χ3n) is 3.74. The third-order valence-corrected chi connectivity index (χ3v) is 4.33. The van der Waals surface area contributed by atoms with E-state index in [9.17, 15) is 4.57 Å². The molecule has 0 amide bonds. The van der Waals surface area contributed by atoms with Crippen LogP contribution in [-0.4, -0.2) is 19.8 Å². The SMILES string of the molecule is O=P(O)(O)C=CCc1cc2ccccc2[nH]1.c1ccc2ncccc2c1. The smallest absolute Gasteiger partial charge is 0.348 e. The molecule has 0 saturated heterocycles. The predicted molar refractivity (Wildman–Crippen MR) is 105 cm³/mol. The summed E-state index contributed by atoms with van der Waals surface area (Å²) in [6.45, 7) is 0. The number of nitrogens with one attached hydrogen (secondary N) is 1. The normalized spacial score (nSPS) is 11.6. The minimum absolute atomic E-state index is 0.486. The molecule has 0 aliphatic rings. The van der Waals surface area contributed by atoms with E-state index in [2.05, 4.69) is 22.1 Å². The Morgan fingerprint density at radius 2 is 1.65 bits per heavy atom. The van der Waals surface area contributed by atoms with E-state index in [-0.39, 0.29) is 0 Å². The Balaban J connectivity index is 0.000000167. The lowest BCUT2D eigenvalue weighted by Crippen LogP contribution is -1.79. The number of pyridine rings is 1. The maximum Gasteiger partial charge on any atom is 0.348 e. The van der Waals surface area contributed by atoms with Crippen molar-refractivity contribution in [2.24, 2.45) is 0 Å². The first-order chi connectivity index (χ1) is 12.5. The highest BCUT2D eigenvalue weighted by atomic mass is 31.2. The van der Waals surface area contributed by atoms with Crippen LogP contribution in [0.4, 0.5) is 0 Å². The second-order valence-electron chi connectivity index (χ2n) is 5.76. The zero-order valence-corrected chi connectivity index (χ0v) is 14.9. The highest BCUT2D eigenvalue weighted by Gasteiger charge is 2.05. The predicted octanol–water partition coefficient (Wildman–Crippen LogP) is 4.64. The number of fused-ring (bicyclic) bond motifs is 2. The van der Waals surface area contributed by atoms with Crippen molar-refractivity contribution in [1.29, 1.82) is 0 Å². The molecule has 0 saturated carbocycles. The van der Waals surface area contributed by atoms with Gasteiger partial charge in [0.1, 0.15) is 0 Å². The Bertz CT molecular complexity index is 984. The minimum atomic E-state index is -4.03. The highest BCUT2D eigenvalue weighted by Crippen LogP contribution is 2.36. The van der Waals surface area contributed by atoms with Crippen LogP contribution in [0.5, 0.6) is 0 Å². The Morgan fingerprint density at radius 1 is 0.962 bits per heavy atom. The summed E-state index contributed by atoms with van der Waals surface area (Å²) in [7, 11) is -4.03. The largest absolute Gasteiger partial charge is 0.358 e. The number of para-hydroxylation sites is 2. The van der Waals surface area contributed by atoms with Gasteiger partial charge in [-0.3, -0.25) is 9.55 Å². The van der Waals surface area contributed by atoms with Crippen LogP contribution in [-0.2, 0) is 11.0 Å². The van der Waals surface area contributed by atoms with Crippen LogP contribution in [0.2, 0.25) is 0 Å². The van der Waals surface area contributed by atoms with Crippen molar-refractivity contribution in [3.05, 3.63) is 90.5 Å². The molecule has 0 aliphatic carbocycles. The fourth-order valence-electron chi connectivity index (χ4n) is 2.58. The molecule has 4 aromatic rings. The molecule has 6 heteroatoms. The van der Waals surface area contributed by atoms with Crippen molar-refractivity contribution >= 4 is 29.4 Å². The van der Waals surface area contributed by atoms with E-state index in [0.29, 0.717) is 6.42 Å². The molecule has 5 nitrogen and oxygen atoms in total. The molecule has 0 bridgehead atoms. The van der Waals surface area contributed by atoms with Gasteiger partial charge in [-0.25, -0.2) is 0 Å². The number of hydrogen-bond donors (Lipinski definition) is 3. The third kappa shape index (κ3) is 5.14. The van der Waals surface area contributed by atoms with Crippen LogP contribution in [0.15, 0.2) is 84.8 Å². The van der Waals surface area contributed by atoms with Crippen molar-refractivity contribution in [3.8, 4) is 0 Å². The number of rotatable bonds is 3. The van der Waals surface area contributed by atoms with Gasteiger partial charge in [-0.05, 0) is 29.7 Å². The maximum atomic E-state index is 10.6. The maximum absolute atomic E-state index is 10.6. The first-order valence-corrected chi connectivity index (χ1v) is 9.79. The van der Waals surface area contributed by atoms with Gasteiger partial charge in [0.2, 0.25) is 0 Å². The van der Waals surface area contributed by atoms with E-state index >= 15 is 0 Å². The quantitative estimate of drug-likeness (QED) is 0.461. The Hall–Kier alpha value is -2.72. The van der Waals surface area contributed by atoms with Crippen LogP contribution >= 0.6 is 7.60 Å². The number of allylic oxidation sites excluding steroid dienone is 1. The molecule has 2 heterocycles. The molecule has 26 heavy (non-hydrogen) atoms. The van der Waals surface area contributed by atoms with Crippen molar-refractivity contribution < 1.29 is 14.4 Å². The van der Waals surface area contributed by atoms with Crippen LogP contribution < -0.4 is 0 Å². The second kappa shape index (κ2) is 8.11. The summed E-state index contributed by atoms with van der Waals surface area (Å²) in [5.41, 5.74) is 3.03. The zero-order valence-electron chi connectivity index (χ0n) is 14.0. The summed E-state index contributed by atoms with van der Waals surface area (Å²) >= 11 is 0. The number of benzene rings is 2. The van der Waals surface area contributed by atoms with E-state index in [0.717, 1.165) is 27.9 Å². The molecule has 0 fully saturated rings. The number of aromatic amines is 1. The van der Waals surface area contributed by atoms with E-state index in [1.165, 1.54) is 11.5 Å². The average molecular weight is 366 g/mol. The van der Waals surface area contributed by atoms with Crippen LogP contribution in [0, 0.1) is 0 Å². The van der Waals surface area contributed by atoms with Crippen molar-refractivity contribution in [2.75, 3.05) is 0 Å². The monoisotopic (exact) mass is 366 g/mol. The van der Waals surface area contributed by atoms with Gasteiger partial charge in [0.05, 0.1) is 5.52 Å². The highest BCUT2D eigenvalue weighted by molar-refractivity contribution is 7.55. The van der Waals surface area contributed by atoms with Crippen LogP contribution in [0.1, 0.15) is 5.69 Å². The van der Waals surface area contributed by atoms with Gasteiger partial charge in [0.25, 0.3) is 0 Å². The van der Waals surface area contributed by atoms with Crippen LogP contribution in [0.3, 0.4) is 0 Å². The molecule has 0 aliphatic heterocycles. The minimum Gasteiger partial charge on any atom is -0.358 e. The van der Waals surface area contributed by atoms with Gasteiger partial charge in [-0.1, -0.05) is 48.5 Å². The molecule has 132 valence electrons. The molecule has 4 rings (SSSR count). The van der Waals surface area contributed by atoms with E-state index in [1.807, 2.05) is 60.8 Å². The number of aromatic nitrogens is 2. The molecular weight excluding hydrogens is 347 g/mol. The van der Waals surface area contributed by atoms with Gasteiger partial charge in [0, 0.05) is 35.0 Å². The summed E-state index contributed by atoms with van der Waals surface area (Å²) in [6, 6.07) is 21.9. The van der Waals surface area contributed by atoms with Gasteiger partial charge < -0.3 is 14.8 Å². The van der Waals surface area contributed by atoms with Crippen molar-refractivity contribution in [1.82, 2.24) is 9.97 Å². The Labute approximate surface area is 151 Å². The summed E-state index contributed by atoms with van der Waals surface area (Å²) in [5, 5.41) is 2.30. The summed E-state index contributed by atoms with van der Waals surface area (Å²) in [6.07, 6.45) is 3.77. The molecule has 2 aromatic heterocycles. The van der Waals surface area contributed by atoms with Gasteiger partial charge in [-0.2, -0.15) is 0 Å². The molecule has 0 radical (unpaired) electrons. The molecule has 0 atom stereocenters. The van der Waals surface area contributed by atoms with Gasteiger partial charge >= 0.3 is 7.60 Å². The number of nitrogens with zero attached hydrogens (tertiary/aromatic N) is 1. The average Bonchev–Trinajstić information content (AvgIpc) is 3.04. The number of hydrogen-bond acceptors (Lipinski definition) is 2. The molecule has 0 unspecified atom stereocenters. The lowest BCUT2D eigenvalue weighted by molar-refractivity contribution is 0.386. The Morgan fingerprint density at radius 3 is 2.38 bits per heavy atom.